The number of rotatable bonds is 4. The number of pyridine rings is 1. The number of nitrogens with one attached hydrogen (secondary N) is 2. The molecule has 4 fully saturated rings. The standard InChI is InChI=1S/C18H19N5O2/c24-16(25-6-11-1-2-11)22-17-7-18(8-17,9-17)23-10-21-13-5-20-15-12(14(13)23)3-4-19-15/h3-5,10-11H,1-2,6-9H2,(H,19,20)(H,22,24). The van der Waals surface area contributed by atoms with Crippen LogP contribution in [0.1, 0.15) is 32.1 Å². The highest BCUT2D eigenvalue weighted by atomic mass is 16.5. The van der Waals surface area contributed by atoms with E-state index in [0.717, 1.165) is 41.3 Å². The first-order valence-corrected chi connectivity index (χ1v) is 8.91. The van der Waals surface area contributed by atoms with Crippen molar-refractivity contribution in [2.75, 3.05) is 6.61 Å². The van der Waals surface area contributed by atoms with Gasteiger partial charge in [0.05, 0.1) is 35.7 Å². The number of carbonyl (C=O) groups excluding carboxylic acids is 1. The average molecular weight is 337 g/mol. The lowest BCUT2D eigenvalue weighted by Gasteiger charge is -2.70. The number of aromatic nitrogens is 4. The summed E-state index contributed by atoms with van der Waals surface area (Å²) in [6.07, 6.45) is 10.6. The molecule has 7 nitrogen and oxygen atoms in total. The fourth-order valence-electron chi connectivity index (χ4n) is 4.72. The van der Waals surface area contributed by atoms with Crippen LogP contribution in [-0.4, -0.2) is 37.8 Å². The highest BCUT2D eigenvalue weighted by Crippen LogP contribution is 2.65. The van der Waals surface area contributed by atoms with Gasteiger partial charge in [-0.1, -0.05) is 0 Å². The number of carbonyl (C=O) groups is 1. The van der Waals surface area contributed by atoms with Crippen molar-refractivity contribution in [3.63, 3.8) is 0 Å². The zero-order chi connectivity index (χ0) is 16.6. The van der Waals surface area contributed by atoms with Gasteiger partial charge >= 0.3 is 6.09 Å². The van der Waals surface area contributed by atoms with Crippen LogP contribution in [0.3, 0.4) is 0 Å². The van der Waals surface area contributed by atoms with Crippen LogP contribution in [0.25, 0.3) is 22.1 Å². The molecule has 3 aromatic rings. The molecule has 4 aliphatic carbocycles. The number of fused-ring (bicyclic) bond motifs is 3. The molecule has 0 aromatic carbocycles. The lowest BCUT2D eigenvalue weighted by Crippen LogP contribution is -2.78. The molecule has 4 aliphatic rings. The minimum absolute atomic E-state index is 0.0735. The van der Waals surface area contributed by atoms with E-state index in [9.17, 15) is 4.79 Å². The van der Waals surface area contributed by atoms with Crippen LogP contribution < -0.4 is 5.32 Å². The van der Waals surface area contributed by atoms with E-state index in [1.165, 1.54) is 12.8 Å². The summed E-state index contributed by atoms with van der Waals surface area (Å²) in [5.41, 5.74) is 2.93. The molecular weight excluding hydrogens is 318 g/mol. The number of amides is 1. The maximum atomic E-state index is 12.0. The maximum Gasteiger partial charge on any atom is 0.407 e. The number of imidazole rings is 1. The Morgan fingerprint density at radius 1 is 1.36 bits per heavy atom. The lowest BCUT2D eigenvalue weighted by atomic mass is 9.44. The Hall–Kier alpha value is -2.57. The molecule has 3 aromatic heterocycles. The van der Waals surface area contributed by atoms with E-state index in [0.29, 0.717) is 12.5 Å². The van der Waals surface area contributed by atoms with Crippen LogP contribution in [0.15, 0.2) is 24.8 Å². The topological polar surface area (TPSA) is 84.8 Å². The van der Waals surface area contributed by atoms with Gasteiger partial charge in [-0.05, 0) is 44.1 Å². The third kappa shape index (κ3) is 1.83. The van der Waals surface area contributed by atoms with Crippen molar-refractivity contribution >= 4 is 28.2 Å². The number of hydrogen-bond acceptors (Lipinski definition) is 4. The molecule has 0 unspecified atom stereocenters. The van der Waals surface area contributed by atoms with Crippen molar-refractivity contribution in [3.8, 4) is 0 Å². The van der Waals surface area contributed by atoms with E-state index in [1.54, 1.807) is 0 Å². The summed E-state index contributed by atoms with van der Waals surface area (Å²) in [6, 6.07) is 2.05. The number of hydrogen-bond donors (Lipinski definition) is 2. The highest BCUT2D eigenvalue weighted by molar-refractivity contribution is 6.01. The smallest absolute Gasteiger partial charge is 0.407 e. The summed E-state index contributed by atoms with van der Waals surface area (Å²) in [5, 5.41) is 4.20. The van der Waals surface area contributed by atoms with Crippen molar-refractivity contribution < 1.29 is 9.53 Å². The van der Waals surface area contributed by atoms with Crippen LogP contribution in [0, 0.1) is 5.92 Å². The van der Waals surface area contributed by atoms with Gasteiger partial charge in [0.2, 0.25) is 0 Å². The van der Waals surface area contributed by atoms with Gasteiger partial charge in [0, 0.05) is 11.6 Å². The van der Waals surface area contributed by atoms with E-state index in [-0.39, 0.29) is 17.2 Å². The normalized spacial score (nSPS) is 30.1. The Morgan fingerprint density at radius 2 is 2.20 bits per heavy atom. The number of alkyl carbamates (subject to hydrolysis) is 1. The lowest BCUT2D eigenvalue weighted by molar-refractivity contribution is -0.131. The Bertz CT molecular complexity index is 995. The van der Waals surface area contributed by atoms with Crippen LogP contribution >= 0.6 is 0 Å². The molecule has 128 valence electrons. The van der Waals surface area contributed by atoms with E-state index >= 15 is 0 Å². The summed E-state index contributed by atoms with van der Waals surface area (Å²) >= 11 is 0. The Labute approximate surface area is 143 Å². The van der Waals surface area contributed by atoms with Gasteiger partial charge in [0.25, 0.3) is 0 Å². The zero-order valence-corrected chi connectivity index (χ0v) is 13.8. The quantitative estimate of drug-likeness (QED) is 0.766. The molecule has 1 amide bonds. The van der Waals surface area contributed by atoms with Gasteiger partial charge in [0.15, 0.2) is 0 Å². The fraction of sp³-hybridized carbons (Fsp3) is 0.500. The molecule has 0 spiro atoms. The van der Waals surface area contributed by atoms with E-state index in [4.69, 9.17) is 4.74 Å². The predicted octanol–water partition coefficient (Wildman–Crippen LogP) is 2.68. The molecular formula is C18H19N5O2. The van der Waals surface area contributed by atoms with Gasteiger partial charge in [0.1, 0.15) is 11.2 Å². The number of nitrogens with zero attached hydrogens (tertiary/aromatic N) is 3. The minimum atomic E-state index is -0.257. The Morgan fingerprint density at radius 3 is 3.00 bits per heavy atom. The molecule has 25 heavy (non-hydrogen) atoms. The summed E-state index contributed by atoms with van der Waals surface area (Å²) < 4.78 is 7.61. The first kappa shape index (κ1) is 13.7. The molecule has 0 aliphatic heterocycles. The third-order valence-corrected chi connectivity index (χ3v) is 6.12. The predicted molar refractivity (Wildman–Crippen MR) is 91.1 cm³/mol. The molecule has 0 radical (unpaired) electrons. The zero-order valence-electron chi connectivity index (χ0n) is 13.8. The first-order valence-electron chi connectivity index (χ1n) is 8.91. The van der Waals surface area contributed by atoms with Gasteiger partial charge in [-0.3, -0.25) is 0 Å². The van der Waals surface area contributed by atoms with Crippen molar-refractivity contribution in [2.45, 2.75) is 43.2 Å². The molecule has 4 saturated carbocycles. The number of H-pyrrole nitrogens is 1. The van der Waals surface area contributed by atoms with Crippen LogP contribution in [0.4, 0.5) is 4.79 Å². The third-order valence-electron chi connectivity index (χ3n) is 6.12. The van der Waals surface area contributed by atoms with Gasteiger partial charge in [-0.2, -0.15) is 0 Å². The van der Waals surface area contributed by atoms with Crippen molar-refractivity contribution in [3.05, 3.63) is 24.8 Å². The summed E-state index contributed by atoms with van der Waals surface area (Å²) in [7, 11) is 0. The second kappa shape index (κ2) is 4.33. The summed E-state index contributed by atoms with van der Waals surface area (Å²) in [5.74, 6) is 0.597. The number of aromatic amines is 1. The molecule has 0 atom stereocenters. The molecule has 2 N–H and O–H groups in total. The van der Waals surface area contributed by atoms with Crippen molar-refractivity contribution in [1.82, 2.24) is 24.8 Å². The van der Waals surface area contributed by atoms with E-state index in [2.05, 4.69) is 30.9 Å². The minimum Gasteiger partial charge on any atom is -0.449 e. The average Bonchev–Trinajstić information content (AvgIpc) is 3.07. The van der Waals surface area contributed by atoms with Crippen LogP contribution in [0.2, 0.25) is 0 Å². The van der Waals surface area contributed by atoms with Crippen LogP contribution in [-0.2, 0) is 10.3 Å². The second-order valence-corrected chi connectivity index (χ2v) is 8.05. The maximum absolute atomic E-state index is 12.0. The highest BCUT2D eigenvalue weighted by Gasteiger charge is 2.70. The van der Waals surface area contributed by atoms with Crippen LogP contribution in [0.5, 0.6) is 0 Å². The SMILES string of the molecule is O=C(NC12CC(n3cnc4cnc5[nH]ccc5c43)(C1)C2)OCC1CC1. The number of ether oxygens (including phenoxy) is 1. The van der Waals surface area contributed by atoms with E-state index < -0.39 is 0 Å². The van der Waals surface area contributed by atoms with Gasteiger partial charge < -0.3 is 19.6 Å². The van der Waals surface area contributed by atoms with Crippen molar-refractivity contribution in [2.24, 2.45) is 5.92 Å². The molecule has 7 rings (SSSR count). The first-order chi connectivity index (χ1) is 12.2. The Kier molecular flexibility index (Phi) is 2.37. The summed E-state index contributed by atoms with van der Waals surface area (Å²) in [6.45, 7) is 0.567. The monoisotopic (exact) mass is 337 g/mol. The molecule has 3 heterocycles. The van der Waals surface area contributed by atoms with Gasteiger partial charge in [-0.25, -0.2) is 14.8 Å². The molecule has 2 bridgehead atoms. The van der Waals surface area contributed by atoms with Crippen molar-refractivity contribution in [1.29, 1.82) is 0 Å². The Balaban J connectivity index is 1.24. The molecule has 7 heteroatoms. The fourth-order valence-corrected chi connectivity index (χ4v) is 4.72. The van der Waals surface area contributed by atoms with E-state index in [1.807, 2.05) is 18.7 Å². The summed E-state index contributed by atoms with van der Waals surface area (Å²) in [4.78, 5) is 24.1. The second-order valence-electron chi connectivity index (χ2n) is 8.05. The largest absolute Gasteiger partial charge is 0.449 e. The molecule has 0 saturated heterocycles. The van der Waals surface area contributed by atoms with Gasteiger partial charge in [-0.15, -0.1) is 0 Å².